The number of fused-ring (bicyclic) bond motifs is 1. The zero-order chi connectivity index (χ0) is 13.4. The second-order valence-corrected chi connectivity index (χ2v) is 5.89. The molecule has 1 saturated heterocycles. The molecule has 2 aliphatic heterocycles. The summed E-state index contributed by atoms with van der Waals surface area (Å²) < 4.78 is 0. The van der Waals surface area contributed by atoms with Gasteiger partial charge in [-0.1, -0.05) is 12.1 Å². The number of carbonyl (C=O) groups excluding carboxylic acids is 1. The summed E-state index contributed by atoms with van der Waals surface area (Å²) in [6, 6.07) is 4.26. The second-order valence-electron chi connectivity index (χ2n) is 5.89. The molecule has 1 aromatic rings. The van der Waals surface area contributed by atoms with Gasteiger partial charge < -0.3 is 10.2 Å². The van der Waals surface area contributed by atoms with Gasteiger partial charge in [-0.15, -0.1) is 0 Å². The maximum absolute atomic E-state index is 12.3. The van der Waals surface area contributed by atoms with Crippen molar-refractivity contribution in [3.8, 4) is 0 Å². The maximum atomic E-state index is 12.3. The summed E-state index contributed by atoms with van der Waals surface area (Å²) in [7, 11) is 0. The molecule has 0 bridgehead atoms. The van der Waals surface area contributed by atoms with Crippen LogP contribution in [0, 0.1) is 19.8 Å². The second kappa shape index (κ2) is 4.97. The largest absolute Gasteiger partial charge is 0.317 e. The molecule has 3 rings (SSSR count). The highest BCUT2D eigenvalue weighted by Crippen LogP contribution is 2.35. The predicted octanol–water partition coefficient (Wildman–Crippen LogP) is 2.19. The first-order chi connectivity index (χ1) is 9.16. The number of nitrogens with zero attached hydrogens (tertiary/aromatic N) is 1. The van der Waals surface area contributed by atoms with Crippen molar-refractivity contribution in [3.63, 3.8) is 0 Å². The Morgan fingerprint density at radius 3 is 2.74 bits per heavy atom. The molecule has 0 spiro atoms. The van der Waals surface area contributed by atoms with E-state index in [4.69, 9.17) is 0 Å². The number of aryl methyl sites for hydroxylation is 1. The zero-order valence-electron chi connectivity index (χ0n) is 11.8. The van der Waals surface area contributed by atoms with Crippen LogP contribution in [0.4, 0.5) is 5.69 Å². The number of hydrogen-bond donors (Lipinski definition) is 1. The first kappa shape index (κ1) is 12.7. The van der Waals surface area contributed by atoms with Crippen LogP contribution in [-0.4, -0.2) is 25.5 Å². The minimum Gasteiger partial charge on any atom is -0.317 e. The number of anilines is 1. The highest BCUT2D eigenvalue weighted by atomic mass is 16.2. The molecule has 1 fully saturated rings. The Labute approximate surface area is 115 Å². The van der Waals surface area contributed by atoms with E-state index in [1.54, 1.807) is 0 Å². The van der Waals surface area contributed by atoms with Gasteiger partial charge in [0.2, 0.25) is 5.91 Å². The van der Waals surface area contributed by atoms with Crippen molar-refractivity contribution < 1.29 is 4.79 Å². The fraction of sp³-hybridized carbons (Fsp3) is 0.562. The molecule has 0 saturated carbocycles. The molecule has 1 aromatic carbocycles. The Kier molecular flexibility index (Phi) is 3.31. The number of rotatable bonds is 2. The van der Waals surface area contributed by atoms with Crippen molar-refractivity contribution in [2.24, 2.45) is 5.92 Å². The molecule has 0 aliphatic carbocycles. The Bertz CT molecular complexity index is 504. The highest BCUT2D eigenvalue weighted by Gasteiger charge is 2.31. The van der Waals surface area contributed by atoms with Gasteiger partial charge in [-0.25, -0.2) is 0 Å². The van der Waals surface area contributed by atoms with Crippen molar-refractivity contribution in [2.45, 2.75) is 33.1 Å². The van der Waals surface area contributed by atoms with Crippen LogP contribution in [0.1, 0.15) is 29.5 Å². The van der Waals surface area contributed by atoms with Gasteiger partial charge in [-0.05, 0) is 62.4 Å². The first-order valence-electron chi connectivity index (χ1n) is 7.27. The first-order valence-corrected chi connectivity index (χ1v) is 7.27. The van der Waals surface area contributed by atoms with Crippen molar-refractivity contribution in [3.05, 3.63) is 28.8 Å². The average molecular weight is 258 g/mol. The van der Waals surface area contributed by atoms with E-state index in [0.29, 0.717) is 12.3 Å². The van der Waals surface area contributed by atoms with Gasteiger partial charge in [0.25, 0.3) is 0 Å². The van der Waals surface area contributed by atoms with E-state index in [-0.39, 0.29) is 5.91 Å². The lowest BCUT2D eigenvalue weighted by atomic mass is 9.97. The molecule has 3 heteroatoms. The predicted molar refractivity (Wildman–Crippen MR) is 77.6 cm³/mol. The number of amides is 1. The molecule has 2 heterocycles. The van der Waals surface area contributed by atoms with Crippen LogP contribution in [0.5, 0.6) is 0 Å². The van der Waals surface area contributed by atoms with Crippen molar-refractivity contribution in [2.75, 3.05) is 24.5 Å². The van der Waals surface area contributed by atoms with E-state index in [0.717, 1.165) is 19.6 Å². The monoisotopic (exact) mass is 258 g/mol. The smallest absolute Gasteiger partial charge is 0.231 e. The van der Waals surface area contributed by atoms with Crippen LogP contribution in [-0.2, 0) is 11.2 Å². The zero-order valence-corrected chi connectivity index (χ0v) is 11.8. The molecule has 0 radical (unpaired) electrons. The SMILES string of the molecule is Cc1ccc2c(c1C)N(CC1CCNCC1)C(=O)C2. The van der Waals surface area contributed by atoms with Gasteiger partial charge >= 0.3 is 0 Å². The third-order valence-corrected chi connectivity index (χ3v) is 4.60. The fourth-order valence-electron chi connectivity index (χ4n) is 3.27. The van der Waals surface area contributed by atoms with Gasteiger partial charge in [0, 0.05) is 6.54 Å². The molecule has 0 atom stereocenters. The third kappa shape index (κ3) is 2.27. The van der Waals surface area contributed by atoms with Crippen LogP contribution >= 0.6 is 0 Å². The molecular weight excluding hydrogens is 236 g/mol. The molecular formula is C16H22N2O. The quantitative estimate of drug-likeness (QED) is 0.882. The van der Waals surface area contributed by atoms with Crippen LogP contribution in [0.3, 0.4) is 0 Å². The Morgan fingerprint density at radius 2 is 2.00 bits per heavy atom. The van der Waals surface area contributed by atoms with E-state index in [1.165, 1.54) is 35.2 Å². The van der Waals surface area contributed by atoms with Gasteiger partial charge in [0.15, 0.2) is 0 Å². The lowest BCUT2D eigenvalue weighted by molar-refractivity contribution is -0.117. The van der Waals surface area contributed by atoms with Gasteiger partial charge in [0.1, 0.15) is 0 Å². The normalized spacial score (nSPS) is 19.9. The summed E-state index contributed by atoms with van der Waals surface area (Å²) >= 11 is 0. The van der Waals surface area contributed by atoms with E-state index in [9.17, 15) is 4.79 Å². The molecule has 102 valence electrons. The van der Waals surface area contributed by atoms with Gasteiger partial charge in [-0.3, -0.25) is 4.79 Å². The third-order valence-electron chi connectivity index (χ3n) is 4.60. The summed E-state index contributed by atoms with van der Waals surface area (Å²) in [6.07, 6.45) is 2.95. The molecule has 0 aromatic heterocycles. The summed E-state index contributed by atoms with van der Waals surface area (Å²) in [6.45, 7) is 7.35. The molecule has 2 aliphatic rings. The van der Waals surface area contributed by atoms with E-state index in [2.05, 4.69) is 31.3 Å². The molecule has 19 heavy (non-hydrogen) atoms. The molecule has 1 N–H and O–H groups in total. The minimum atomic E-state index is 0.280. The van der Waals surface area contributed by atoms with Crippen LogP contribution in [0.2, 0.25) is 0 Å². The highest BCUT2D eigenvalue weighted by molar-refractivity contribution is 6.02. The molecule has 1 amide bonds. The van der Waals surface area contributed by atoms with Crippen molar-refractivity contribution in [1.82, 2.24) is 5.32 Å². The van der Waals surface area contributed by atoms with Gasteiger partial charge in [0.05, 0.1) is 12.1 Å². The Hall–Kier alpha value is -1.35. The number of nitrogens with one attached hydrogen (secondary N) is 1. The number of piperidine rings is 1. The number of benzene rings is 1. The van der Waals surface area contributed by atoms with Crippen molar-refractivity contribution in [1.29, 1.82) is 0 Å². The molecule has 3 nitrogen and oxygen atoms in total. The number of carbonyl (C=O) groups is 1. The average Bonchev–Trinajstić information content (AvgIpc) is 2.73. The van der Waals surface area contributed by atoms with E-state index in [1.807, 2.05) is 4.90 Å². The standard InChI is InChI=1S/C16H22N2O/c1-11-3-4-14-9-15(19)18(16(14)12(11)2)10-13-5-7-17-8-6-13/h3-4,13,17H,5-10H2,1-2H3. The summed E-state index contributed by atoms with van der Waals surface area (Å²) in [5.41, 5.74) is 4.96. The fourth-order valence-corrected chi connectivity index (χ4v) is 3.27. The van der Waals surface area contributed by atoms with Crippen LogP contribution in [0.25, 0.3) is 0 Å². The summed E-state index contributed by atoms with van der Waals surface area (Å²) in [4.78, 5) is 14.3. The van der Waals surface area contributed by atoms with Crippen LogP contribution in [0.15, 0.2) is 12.1 Å². The topological polar surface area (TPSA) is 32.3 Å². The summed E-state index contributed by atoms with van der Waals surface area (Å²) in [5, 5.41) is 3.39. The Morgan fingerprint density at radius 1 is 1.26 bits per heavy atom. The maximum Gasteiger partial charge on any atom is 0.231 e. The van der Waals surface area contributed by atoms with E-state index < -0.39 is 0 Å². The van der Waals surface area contributed by atoms with Crippen LogP contribution < -0.4 is 10.2 Å². The lowest BCUT2D eigenvalue weighted by Gasteiger charge is -2.28. The van der Waals surface area contributed by atoms with Crippen molar-refractivity contribution >= 4 is 11.6 Å². The summed E-state index contributed by atoms with van der Waals surface area (Å²) in [5.74, 6) is 0.929. The lowest BCUT2D eigenvalue weighted by Crippen LogP contribution is -2.37. The molecule has 0 unspecified atom stereocenters. The van der Waals surface area contributed by atoms with Gasteiger partial charge in [-0.2, -0.15) is 0 Å². The number of hydrogen-bond acceptors (Lipinski definition) is 2. The minimum absolute atomic E-state index is 0.280. The Balaban J connectivity index is 1.87. The van der Waals surface area contributed by atoms with E-state index >= 15 is 0 Å².